The summed E-state index contributed by atoms with van der Waals surface area (Å²) in [5.74, 6) is 0.767. The van der Waals surface area contributed by atoms with E-state index in [1.54, 1.807) is 0 Å². The number of hydrogen-bond acceptors (Lipinski definition) is 3. The molecule has 0 aliphatic carbocycles. The molecule has 0 aromatic rings. The highest BCUT2D eigenvalue weighted by Crippen LogP contribution is 2.11. The maximum Gasteiger partial charge on any atom is 0.0701 e. The molecule has 0 fully saturated rings. The SMILES string of the molecule is CCCCC(C)CCOCCOCCO. The maximum atomic E-state index is 8.46. The third-order valence-corrected chi connectivity index (χ3v) is 2.41. The monoisotopic (exact) mass is 218 g/mol. The topological polar surface area (TPSA) is 38.7 Å². The molecule has 0 saturated carbocycles. The van der Waals surface area contributed by atoms with Crippen LogP contribution in [0.15, 0.2) is 0 Å². The zero-order valence-corrected chi connectivity index (χ0v) is 10.2. The Morgan fingerprint density at radius 3 is 2.27 bits per heavy atom. The summed E-state index contributed by atoms with van der Waals surface area (Å²) in [5.41, 5.74) is 0. The normalized spacial score (nSPS) is 13.0. The van der Waals surface area contributed by atoms with Crippen molar-refractivity contribution in [2.24, 2.45) is 5.92 Å². The van der Waals surface area contributed by atoms with Crippen LogP contribution >= 0.6 is 0 Å². The highest BCUT2D eigenvalue weighted by Gasteiger charge is 2.00. The molecule has 0 saturated heterocycles. The second-order valence-electron chi connectivity index (χ2n) is 3.98. The second kappa shape index (κ2) is 12.0. The van der Waals surface area contributed by atoms with E-state index in [0.29, 0.717) is 19.8 Å². The Morgan fingerprint density at radius 1 is 1.00 bits per heavy atom. The quantitative estimate of drug-likeness (QED) is 0.540. The fourth-order valence-corrected chi connectivity index (χ4v) is 1.37. The molecule has 15 heavy (non-hydrogen) atoms. The van der Waals surface area contributed by atoms with Crippen LogP contribution in [-0.4, -0.2) is 38.1 Å². The lowest BCUT2D eigenvalue weighted by atomic mass is 10.0. The van der Waals surface area contributed by atoms with Gasteiger partial charge in [-0.05, 0) is 12.3 Å². The van der Waals surface area contributed by atoms with Gasteiger partial charge in [-0.2, -0.15) is 0 Å². The summed E-state index contributed by atoms with van der Waals surface area (Å²) in [6.07, 6.45) is 5.04. The van der Waals surface area contributed by atoms with Gasteiger partial charge < -0.3 is 14.6 Å². The number of aliphatic hydroxyl groups is 1. The van der Waals surface area contributed by atoms with Crippen LogP contribution in [0.1, 0.15) is 39.5 Å². The van der Waals surface area contributed by atoms with Gasteiger partial charge in [0.15, 0.2) is 0 Å². The van der Waals surface area contributed by atoms with Crippen LogP contribution in [0.3, 0.4) is 0 Å². The molecule has 1 unspecified atom stereocenters. The summed E-state index contributed by atoms with van der Waals surface area (Å²) in [5, 5.41) is 8.46. The molecule has 0 radical (unpaired) electrons. The van der Waals surface area contributed by atoms with E-state index in [9.17, 15) is 0 Å². The van der Waals surface area contributed by atoms with Crippen molar-refractivity contribution in [2.75, 3.05) is 33.0 Å². The van der Waals surface area contributed by atoms with Crippen molar-refractivity contribution in [3.63, 3.8) is 0 Å². The van der Waals surface area contributed by atoms with Crippen LogP contribution in [0.5, 0.6) is 0 Å². The predicted molar refractivity (Wildman–Crippen MR) is 62.0 cm³/mol. The molecule has 92 valence electrons. The molecular formula is C12H26O3. The highest BCUT2D eigenvalue weighted by atomic mass is 16.5. The van der Waals surface area contributed by atoms with Gasteiger partial charge in [-0.25, -0.2) is 0 Å². The third-order valence-electron chi connectivity index (χ3n) is 2.41. The van der Waals surface area contributed by atoms with E-state index in [2.05, 4.69) is 13.8 Å². The van der Waals surface area contributed by atoms with Crippen LogP contribution in [0.4, 0.5) is 0 Å². The molecule has 0 aliphatic heterocycles. The number of aliphatic hydroxyl groups excluding tert-OH is 1. The molecule has 0 amide bonds. The molecule has 0 heterocycles. The molecule has 0 aromatic carbocycles. The van der Waals surface area contributed by atoms with Crippen molar-refractivity contribution in [1.29, 1.82) is 0 Å². The Hall–Kier alpha value is -0.120. The number of ether oxygens (including phenoxy) is 2. The smallest absolute Gasteiger partial charge is 0.0701 e. The number of hydrogen-bond donors (Lipinski definition) is 1. The molecule has 0 spiro atoms. The largest absolute Gasteiger partial charge is 0.394 e. The first-order valence-corrected chi connectivity index (χ1v) is 6.07. The van der Waals surface area contributed by atoms with Gasteiger partial charge in [-0.15, -0.1) is 0 Å². The maximum absolute atomic E-state index is 8.46. The van der Waals surface area contributed by atoms with Gasteiger partial charge in [0.1, 0.15) is 0 Å². The predicted octanol–water partition coefficient (Wildman–Crippen LogP) is 2.23. The van der Waals surface area contributed by atoms with E-state index in [4.69, 9.17) is 14.6 Å². The minimum Gasteiger partial charge on any atom is -0.394 e. The lowest BCUT2D eigenvalue weighted by molar-refractivity contribution is 0.0297. The van der Waals surface area contributed by atoms with Crippen LogP contribution in [0, 0.1) is 5.92 Å². The summed E-state index contributed by atoms with van der Waals surface area (Å²) >= 11 is 0. The first-order chi connectivity index (χ1) is 7.31. The van der Waals surface area contributed by atoms with E-state index < -0.39 is 0 Å². The summed E-state index contributed by atoms with van der Waals surface area (Å²) < 4.78 is 10.5. The van der Waals surface area contributed by atoms with Crippen molar-refractivity contribution in [3.05, 3.63) is 0 Å². The third kappa shape index (κ3) is 11.8. The van der Waals surface area contributed by atoms with E-state index in [1.807, 2.05) is 0 Å². The van der Waals surface area contributed by atoms with Gasteiger partial charge >= 0.3 is 0 Å². The van der Waals surface area contributed by atoms with Crippen LogP contribution in [-0.2, 0) is 9.47 Å². The first-order valence-electron chi connectivity index (χ1n) is 6.07. The van der Waals surface area contributed by atoms with Gasteiger partial charge in [0.25, 0.3) is 0 Å². The average Bonchev–Trinajstić information content (AvgIpc) is 2.25. The van der Waals surface area contributed by atoms with Gasteiger partial charge in [0.05, 0.1) is 26.4 Å². The zero-order chi connectivity index (χ0) is 11.4. The van der Waals surface area contributed by atoms with E-state index in [1.165, 1.54) is 19.3 Å². The van der Waals surface area contributed by atoms with Gasteiger partial charge in [-0.3, -0.25) is 0 Å². The first kappa shape index (κ1) is 14.9. The summed E-state index contributed by atoms with van der Waals surface area (Å²) in [7, 11) is 0. The fraction of sp³-hybridized carbons (Fsp3) is 1.00. The van der Waals surface area contributed by atoms with Crippen molar-refractivity contribution in [2.45, 2.75) is 39.5 Å². The standard InChI is InChI=1S/C12H26O3/c1-3-4-5-12(2)6-8-14-10-11-15-9-7-13/h12-13H,3-11H2,1-2H3. The summed E-state index contributed by atoms with van der Waals surface area (Å²) in [4.78, 5) is 0. The Bertz CT molecular complexity index is 117. The van der Waals surface area contributed by atoms with Crippen molar-refractivity contribution in [3.8, 4) is 0 Å². The molecule has 0 bridgehead atoms. The zero-order valence-electron chi connectivity index (χ0n) is 10.2. The van der Waals surface area contributed by atoms with Crippen molar-refractivity contribution >= 4 is 0 Å². The van der Waals surface area contributed by atoms with Crippen LogP contribution in [0.2, 0.25) is 0 Å². The molecule has 0 rings (SSSR count). The lowest BCUT2D eigenvalue weighted by Gasteiger charge is -2.10. The summed E-state index contributed by atoms with van der Waals surface area (Å²) in [6.45, 7) is 7.06. The average molecular weight is 218 g/mol. The van der Waals surface area contributed by atoms with Crippen LogP contribution in [0.25, 0.3) is 0 Å². The molecule has 1 N–H and O–H groups in total. The second-order valence-corrected chi connectivity index (χ2v) is 3.98. The Kier molecular flexibility index (Phi) is 11.9. The van der Waals surface area contributed by atoms with Gasteiger partial charge in [-0.1, -0.05) is 33.1 Å². The molecule has 3 heteroatoms. The summed E-state index contributed by atoms with van der Waals surface area (Å²) in [6, 6.07) is 0. The Morgan fingerprint density at radius 2 is 1.67 bits per heavy atom. The highest BCUT2D eigenvalue weighted by molar-refractivity contribution is 4.52. The minimum absolute atomic E-state index is 0.0913. The van der Waals surface area contributed by atoms with E-state index in [-0.39, 0.29) is 6.61 Å². The Balaban J connectivity index is 3.02. The molecular weight excluding hydrogens is 192 g/mol. The van der Waals surface area contributed by atoms with Gasteiger partial charge in [0.2, 0.25) is 0 Å². The number of rotatable bonds is 11. The molecule has 3 nitrogen and oxygen atoms in total. The molecule has 0 aromatic heterocycles. The van der Waals surface area contributed by atoms with E-state index in [0.717, 1.165) is 18.9 Å². The Labute approximate surface area is 93.8 Å². The molecule has 1 atom stereocenters. The van der Waals surface area contributed by atoms with Crippen molar-refractivity contribution < 1.29 is 14.6 Å². The van der Waals surface area contributed by atoms with Crippen LogP contribution < -0.4 is 0 Å². The van der Waals surface area contributed by atoms with E-state index >= 15 is 0 Å². The fourth-order valence-electron chi connectivity index (χ4n) is 1.37. The molecule has 0 aliphatic rings. The number of unbranched alkanes of at least 4 members (excludes halogenated alkanes) is 1. The lowest BCUT2D eigenvalue weighted by Crippen LogP contribution is -2.09. The minimum atomic E-state index is 0.0913. The van der Waals surface area contributed by atoms with Gasteiger partial charge in [0, 0.05) is 6.61 Å². The van der Waals surface area contributed by atoms with Crippen molar-refractivity contribution in [1.82, 2.24) is 0 Å².